The zero-order valence-electron chi connectivity index (χ0n) is 14.4. The van der Waals surface area contributed by atoms with Gasteiger partial charge in [0.25, 0.3) is 0 Å². The highest BCUT2D eigenvalue weighted by atomic mass is 16.3. The van der Waals surface area contributed by atoms with Crippen molar-refractivity contribution in [1.82, 2.24) is 20.2 Å². The van der Waals surface area contributed by atoms with Gasteiger partial charge in [0.2, 0.25) is 11.8 Å². The van der Waals surface area contributed by atoms with Crippen molar-refractivity contribution in [3.05, 3.63) is 24.3 Å². The molecule has 7 nitrogen and oxygen atoms in total. The minimum atomic E-state index is -0.557. The first-order valence-electron chi connectivity index (χ1n) is 9.12. The fourth-order valence-corrected chi connectivity index (χ4v) is 3.71. The van der Waals surface area contributed by atoms with Crippen LogP contribution in [-0.4, -0.2) is 57.0 Å². The molecular formula is C18H26N4O3. The first-order chi connectivity index (χ1) is 12.1. The molecule has 0 bridgehead atoms. The number of hydrogen-bond donors (Lipinski definition) is 2. The van der Waals surface area contributed by atoms with Crippen LogP contribution in [0.15, 0.2) is 18.6 Å². The van der Waals surface area contributed by atoms with Crippen LogP contribution in [0.3, 0.4) is 0 Å². The van der Waals surface area contributed by atoms with E-state index in [4.69, 9.17) is 0 Å². The van der Waals surface area contributed by atoms with Crippen LogP contribution in [0.2, 0.25) is 0 Å². The lowest BCUT2D eigenvalue weighted by atomic mass is 10.0. The van der Waals surface area contributed by atoms with Crippen molar-refractivity contribution < 1.29 is 14.7 Å². The average Bonchev–Trinajstić information content (AvgIpc) is 3.24. The van der Waals surface area contributed by atoms with E-state index in [0.717, 1.165) is 18.5 Å². The monoisotopic (exact) mass is 346 g/mol. The number of nitrogens with zero attached hydrogens (tertiary/aromatic N) is 3. The molecule has 1 saturated carbocycles. The summed E-state index contributed by atoms with van der Waals surface area (Å²) in [6.07, 6.45) is 9.81. The predicted molar refractivity (Wildman–Crippen MR) is 91.4 cm³/mol. The van der Waals surface area contributed by atoms with E-state index in [-0.39, 0.29) is 36.6 Å². The Labute approximate surface area is 147 Å². The van der Waals surface area contributed by atoms with Crippen molar-refractivity contribution in [2.24, 2.45) is 5.92 Å². The van der Waals surface area contributed by atoms with Crippen molar-refractivity contribution in [2.75, 3.05) is 13.1 Å². The number of aliphatic hydroxyl groups excluding tert-OH is 1. The number of hydrogen-bond acceptors (Lipinski definition) is 5. The zero-order chi connectivity index (χ0) is 17.6. The summed E-state index contributed by atoms with van der Waals surface area (Å²) in [5.74, 6) is -0.147. The summed E-state index contributed by atoms with van der Waals surface area (Å²) in [5, 5.41) is 13.2. The largest absolute Gasteiger partial charge is 0.391 e. The molecule has 136 valence electrons. The number of amides is 2. The maximum absolute atomic E-state index is 12.3. The van der Waals surface area contributed by atoms with Gasteiger partial charge in [0.15, 0.2) is 0 Å². The molecule has 0 radical (unpaired) electrons. The molecule has 2 heterocycles. The molecule has 7 heteroatoms. The summed E-state index contributed by atoms with van der Waals surface area (Å²) in [6, 6.07) is 0.285. The number of β-amino-alcohol motifs (C(OH)–C–C–N with tert-alkyl or cyclic N) is 1. The number of aliphatic hydroxyl groups is 1. The predicted octanol–water partition coefficient (Wildman–Crippen LogP) is 0.677. The van der Waals surface area contributed by atoms with Gasteiger partial charge in [-0.2, -0.15) is 0 Å². The molecule has 3 rings (SSSR count). The summed E-state index contributed by atoms with van der Waals surface area (Å²) >= 11 is 0. The lowest BCUT2D eigenvalue weighted by Crippen LogP contribution is -2.34. The maximum Gasteiger partial charge on any atom is 0.223 e. The second-order valence-corrected chi connectivity index (χ2v) is 7.08. The number of aromatic nitrogens is 2. The summed E-state index contributed by atoms with van der Waals surface area (Å²) in [7, 11) is 0. The quantitative estimate of drug-likeness (QED) is 0.790. The summed E-state index contributed by atoms with van der Waals surface area (Å²) < 4.78 is 0. The topological polar surface area (TPSA) is 95.4 Å². The maximum atomic E-state index is 12.3. The van der Waals surface area contributed by atoms with Crippen molar-refractivity contribution in [2.45, 2.75) is 57.1 Å². The summed E-state index contributed by atoms with van der Waals surface area (Å²) in [6.45, 7) is 0.828. The Kier molecular flexibility index (Phi) is 5.96. The van der Waals surface area contributed by atoms with Gasteiger partial charge in [0, 0.05) is 56.5 Å². The Hall–Kier alpha value is -2.02. The molecule has 1 saturated heterocycles. The first-order valence-corrected chi connectivity index (χ1v) is 9.12. The smallest absolute Gasteiger partial charge is 0.223 e. The highest BCUT2D eigenvalue weighted by molar-refractivity contribution is 5.84. The molecule has 2 fully saturated rings. The van der Waals surface area contributed by atoms with Crippen LogP contribution in [0, 0.1) is 5.92 Å². The number of nitrogens with one attached hydrogen (secondary N) is 1. The lowest BCUT2D eigenvalue weighted by molar-refractivity contribution is -0.133. The van der Waals surface area contributed by atoms with E-state index in [9.17, 15) is 14.7 Å². The van der Waals surface area contributed by atoms with Crippen LogP contribution in [0.1, 0.15) is 44.2 Å². The SMILES string of the molecule is O=C(CCC(=O)N1CC(O)C(Cc2cnccn2)C1)NC1CCCC1. The second kappa shape index (κ2) is 8.38. The number of carbonyl (C=O) groups is 2. The minimum Gasteiger partial charge on any atom is -0.391 e. The van der Waals surface area contributed by atoms with Gasteiger partial charge in [-0.05, 0) is 19.3 Å². The van der Waals surface area contributed by atoms with Crippen LogP contribution < -0.4 is 5.32 Å². The van der Waals surface area contributed by atoms with Gasteiger partial charge in [0.05, 0.1) is 11.8 Å². The summed E-state index contributed by atoms with van der Waals surface area (Å²) in [5.41, 5.74) is 0.816. The van der Waals surface area contributed by atoms with E-state index in [2.05, 4.69) is 15.3 Å². The van der Waals surface area contributed by atoms with Gasteiger partial charge in [-0.15, -0.1) is 0 Å². The third-order valence-corrected chi connectivity index (χ3v) is 5.13. The molecule has 2 unspecified atom stereocenters. The van der Waals surface area contributed by atoms with Crippen molar-refractivity contribution >= 4 is 11.8 Å². The molecule has 2 amide bonds. The van der Waals surface area contributed by atoms with Crippen LogP contribution in [0.5, 0.6) is 0 Å². The Bertz CT molecular complexity index is 589. The van der Waals surface area contributed by atoms with Crippen molar-refractivity contribution in [3.63, 3.8) is 0 Å². The third-order valence-electron chi connectivity index (χ3n) is 5.13. The molecule has 1 aliphatic heterocycles. The Morgan fingerprint density at radius 3 is 2.72 bits per heavy atom. The molecule has 2 atom stereocenters. The number of rotatable bonds is 6. The van der Waals surface area contributed by atoms with Gasteiger partial charge >= 0.3 is 0 Å². The van der Waals surface area contributed by atoms with Gasteiger partial charge in [-0.3, -0.25) is 19.6 Å². The Morgan fingerprint density at radius 2 is 2.00 bits per heavy atom. The average molecular weight is 346 g/mol. The molecule has 2 aliphatic rings. The van der Waals surface area contributed by atoms with Gasteiger partial charge in [-0.1, -0.05) is 12.8 Å². The summed E-state index contributed by atoms with van der Waals surface area (Å²) in [4.78, 5) is 34.2. The van der Waals surface area contributed by atoms with Crippen LogP contribution >= 0.6 is 0 Å². The lowest BCUT2D eigenvalue weighted by Gasteiger charge is -2.17. The molecule has 1 aromatic rings. The Morgan fingerprint density at radius 1 is 1.20 bits per heavy atom. The van der Waals surface area contributed by atoms with E-state index in [1.807, 2.05) is 0 Å². The molecule has 1 aromatic heterocycles. The van der Waals surface area contributed by atoms with E-state index in [0.29, 0.717) is 19.5 Å². The van der Waals surface area contributed by atoms with Gasteiger partial charge < -0.3 is 15.3 Å². The van der Waals surface area contributed by atoms with E-state index in [1.54, 1.807) is 23.5 Å². The van der Waals surface area contributed by atoms with Crippen LogP contribution in [0.4, 0.5) is 0 Å². The van der Waals surface area contributed by atoms with Crippen molar-refractivity contribution in [1.29, 1.82) is 0 Å². The van der Waals surface area contributed by atoms with Crippen molar-refractivity contribution in [3.8, 4) is 0 Å². The molecule has 0 spiro atoms. The van der Waals surface area contributed by atoms with E-state index >= 15 is 0 Å². The Balaban J connectivity index is 1.42. The third kappa shape index (κ3) is 4.98. The van der Waals surface area contributed by atoms with Crippen LogP contribution in [0.25, 0.3) is 0 Å². The molecule has 0 aromatic carbocycles. The highest BCUT2D eigenvalue weighted by Crippen LogP contribution is 2.22. The number of carbonyl (C=O) groups excluding carboxylic acids is 2. The van der Waals surface area contributed by atoms with Gasteiger partial charge in [-0.25, -0.2) is 0 Å². The van der Waals surface area contributed by atoms with Crippen LogP contribution in [-0.2, 0) is 16.0 Å². The zero-order valence-corrected chi connectivity index (χ0v) is 14.4. The highest BCUT2D eigenvalue weighted by Gasteiger charge is 2.34. The first kappa shape index (κ1) is 17.8. The molecular weight excluding hydrogens is 320 g/mol. The van der Waals surface area contributed by atoms with E-state index < -0.39 is 6.10 Å². The fourth-order valence-electron chi connectivity index (χ4n) is 3.71. The fraction of sp³-hybridized carbons (Fsp3) is 0.667. The normalized spacial score (nSPS) is 23.8. The standard InChI is InChI=1S/C18H26N4O3/c23-16-12-22(11-13(16)9-15-10-19-7-8-20-15)18(25)6-5-17(24)21-14-3-1-2-4-14/h7-8,10,13-14,16,23H,1-6,9,11-12H2,(H,21,24). The molecule has 2 N–H and O–H groups in total. The number of likely N-dealkylation sites (tertiary alicyclic amines) is 1. The molecule has 1 aliphatic carbocycles. The molecule has 25 heavy (non-hydrogen) atoms. The second-order valence-electron chi connectivity index (χ2n) is 7.08. The van der Waals surface area contributed by atoms with E-state index in [1.165, 1.54) is 12.8 Å². The van der Waals surface area contributed by atoms with Gasteiger partial charge in [0.1, 0.15) is 0 Å². The minimum absolute atomic E-state index is 0.0343.